The quantitative estimate of drug-likeness (QED) is 0.200. The zero-order valence-corrected chi connectivity index (χ0v) is 25.0. The van der Waals surface area contributed by atoms with Crippen LogP contribution in [0.25, 0.3) is 86.5 Å². The number of fused-ring (bicyclic) bond motifs is 10. The second-order valence-electron chi connectivity index (χ2n) is 11.6. The van der Waals surface area contributed by atoms with Crippen LogP contribution >= 0.6 is 11.3 Å². The first kappa shape index (κ1) is 24.7. The molecule has 0 fully saturated rings. The molecule has 10 aromatic rings. The second kappa shape index (κ2) is 9.39. The first-order valence-electron chi connectivity index (χ1n) is 15.2. The van der Waals surface area contributed by atoms with Gasteiger partial charge < -0.3 is 4.57 Å². The molecule has 0 aliphatic heterocycles. The maximum Gasteiger partial charge on any atom is 0.145 e. The minimum Gasteiger partial charge on any atom is -0.309 e. The fourth-order valence-corrected chi connectivity index (χ4v) is 8.39. The van der Waals surface area contributed by atoms with Crippen molar-refractivity contribution in [1.29, 1.82) is 0 Å². The number of thiophene rings is 1. The van der Waals surface area contributed by atoms with Crippen molar-refractivity contribution in [2.75, 3.05) is 0 Å². The van der Waals surface area contributed by atoms with Crippen LogP contribution in [0.1, 0.15) is 0 Å². The van der Waals surface area contributed by atoms with E-state index >= 15 is 0 Å². The van der Waals surface area contributed by atoms with Gasteiger partial charge in [0.1, 0.15) is 5.82 Å². The van der Waals surface area contributed by atoms with Crippen LogP contribution in [0.3, 0.4) is 0 Å². The third kappa shape index (κ3) is 3.54. The Bertz CT molecular complexity index is 2740. The Labute approximate surface area is 262 Å². The number of imidazole rings is 1. The van der Waals surface area contributed by atoms with Crippen LogP contribution < -0.4 is 0 Å². The summed E-state index contributed by atoms with van der Waals surface area (Å²) < 4.78 is 7.39. The van der Waals surface area contributed by atoms with E-state index in [1.54, 1.807) is 0 Å². The van der Waals surface area contributed by atoms with E-state index < -0.39 is 0 Å². The second-order valence-corrected chi connectivity index (χ2v) is 12.6. The van der Waals surface area contributed by atoms with E-state index in [0.717, 1.165) is 33.8 Å². The lowest BCUT2D eigenvalue weighted by atomic mass is 10.0. The third-order valence-corrected chi connectivity index (χ3v) is 10.3. The molecule has 0 spiro atoms. The number of benzene rings is 7. The fourth-order valence-electron chi connectivity index (χ4n) is 7.13. The Balaban J connectivity index is 1.25. The molecule has 0 unspecified atom stereocenters. The van der Waals surface area contributed by atoms with Crippen molar-refractivity contribution in [2.24, 2.45) is 0 Å². The van der Waals surface area contributed by atoms with Crippen LogP contribution in [0, 0.1) is 0 Å². The van der Waals surface area contributed by atoms with Gasteiger partial charge in [-0.1, -0.05) is 91.0 Å². The van der Waals surface area contributed by atoms with Gasteiger partial charge in [-0.15, -0.1) is 11.3 Å². The largest absolute Gasteiger partial charge is 0.309 e. The molecular formula is C41H25N3S. The summed E-state index contributed by atoms with van der Waals surface area (Å²) in [5.41, 5.74) is 7.88. The van der Waals surface area contributed by atoms with Crippen molar-refractivity contribution in [2.45, 2.75) is 0 Å². The Morgan fingerprint density at radius 3 is 1.98 bits per heavy atom. The van der Waals surface area contributed by atoms with Crippen molar-refractivity contribution >= 4 is 75.1 Å². The molecule has 3 heterocycles. The van der Waals surface area contributed by atoms with E-state index in [1.807, 2.05) is 11.3 Å². The summed E-state index contributed by atoms with van der Waals surface area (Å²) in [5.74, 6) is 0.939. The molecule has 0 saturated carbocycles. The van der Waals surface area contributed by atoms with Gasteiger partial charge in [0.05, 0.1) is 22.1 Å². The van der Waals surface area contributed by atoms with Gasteiger partial charge in [-0.25, -0.2) is 4.98 Å². The van der Waals surface area contributed by atoms with Gasteiger partial charge in [0.25, 0.3) is 0 Å². The number of aromatic nitrogens is 3. The van der Waals surface area contributed by atoms with Crippen molar-refractivity contribution in [3.63, 3.8) is 0 Å². The highest BCUT2D eigenvalue weighted by atomic mass is 32.1. The molecule has 0 amide bonds. The summed E-state index contributed by atoms with van der Waals surface area (Å²) in [6, 6.07) is 54.5. The van der Waals surface area contributed by atoms with Gasteiger partial charge in [0, 0.05) is 53.3 Å². The van der Waals surface area contributed by atoms with Crippen LogP contribution in [-0.4, -0.2) is 14.1 Å². The number of hydrogen-bond acceptors (Lipinski definition) is 2. The number of rotatable bonds is 3. The van der Waals surface area contributed by atoms with Gasteiger partial charge in [-0.05, 0) is 66.0 Å². The molecule has 7 aromatic carbocycles. The van der Waals surface area contributed by atoms with Crippen LogP contribution in [0.15, 0.2) is 152 Å². The Morgan fingerprint density at radius 1 is 0.467 bits per heavy atom. The smallest absolute Gasteiger partial charge is 0.145 e. The molecule has 0 atom stereocenters. The predicted octanol–water partition coefficient (Wildman–Crippen LogP) is 11.3. The molecule has 0 radical (unpaired) electrons. The minimum atomic E-state index is 0.939. The zero-order valence-electron chi connectivity index (χ0n) is 24.2. The van der Waals surface area contributed by atoms with Crippen LogP contribution in [0.5, 0.6) is 0 Å². The maximum absolute atomic E-state index is 5.10. The molecule has 0 bridgehead atoms. The van der Waals surface area contributed by atoms with Crippen molar-refractivity contribution in [3.8, 4) is 22.8 Å². The van der Waals surface area contributed by atoms with E-state index in [0.29, 0.717) is 0 Å². The highest BCUT2D eigenvalue weighted by Gasteiger charge is 2.19. The Kier molecular flexibility index (Phi) is 5.16. The van der Waals surface area contributed by atoms with Crippen molar-refractivity contribution in [1.82, 2.24) is 14.1 Å². The minimum absolute atomic E-state index is 0.939. The molecule has 0 aliphatic carbocycles. The van der Waals surface area contributed by atoms with Crippen LogP contribution in [0.4, 0.5) is 0 Å². The van der Waals surface area contributed by atoms with Gasteiger partial charge in [-0.3, -0.25) is 4.57 Å². The Hall–Kier alpha value is -5.71. The monoisotopic (exact) mass is 591 g/mol. The maximum atomic E-state index is 5.10. The average Bonchev–Trinajstić information content (AvgIpc) is 3.78. The molecule has 45 heavy (non-hydrogen) atoms. The molecule has 3 nitrogen and oxygen atoms in total. The standard InChI is InChI=1S/C41H25N3S/c1-2-10-28(11-3-1)44-36-16-8-6-14-34(36)42-41(44)27-18-22-29(23-19-27)43-35-15-7-4-12-30(35)32-24-20-26-21-25-33-31-13-5-9-17-37(31)45-40(33)38(26)39(32)43/h1-25H. The molecule has 0 saturated heterocycles. The zero-order chi connectivity index (χ0) is 29.5. The summed E-state index contributed by atoms with van der Waals surface area (Å²) in [5, 5.41) is 7.77. The fraction of sp³-hybridized carbons (Fsp3) is 0. The summed E-state index contributed by atoms with van der Waals surface area (Å²) in [4.78, 5) is 5.10. The predicted molar refractivity (Wildman–Crippen MR) is 191 cm³/mol. The van der Waals surface area contributed by atoms with E-state index in [-0.39, 0.29) is 0 Å². The molecule has 0 N–H and O–H groups in total. The lowest BCUT2D eigenvalue weighted by molar-refractivity contribution is 1.10. The topological polar surface area (TPSA) is 22.8 Å². The molecule has 4 heteroatoms. The van der Waals surface area contributed by atoms with E-state index in [4.69, 9.17) is 4.98 Å². The van der Waals surface area contributed by atoms with Crippen LogP contribution in [0.2, 0.25) is 0 Å². The lowest BCUT2D eigenvalue weighted by Crippen LogP contribution is -1.98. The highest BCUT2D eigenvalue weighted by Crippen LogP contribution is 2.44. The summed E-state index contributed by atoms with van der Waals surface area (Å²) in [6.45, 7) is 0. The SMILES string of the molecule is c1ccc(-n2c(-c3ccc(-n4c5ccccc5c5ccc6ccc7c8ccccc8sc7c6c54)cc3)nc3ccccc32)cc1. The first-order valence-corrected chi connectivity index (χ1v) is 16.0. The number of para-hydroxylation sites is 4. The van der Waals surface area contributed by atoms with Gasteiger partial charge in [0.2, 0.25) is 0 Å². The van der Waals surface area contributed by atoms with E-state index in [9.17, 15) is 0 Å². The number of nitrogens with zero attached hydrogens (tertiary/aromatic N) is 3. The molecule has 0 aliphatic rings. The molecule has 10 rings (SSSR count). The van der Waals surface area contributed by atoms with Crippen molar-refractivity contribution < 1.29 is 0 Å². The first-order chi connectivity index (χ1) is 22.3. The lowest BCUT2D eigenvalue weighted by Gasteiger charge is -2.13. The molecular weight excluding hydrogens is 567 g/mol. The highest BCUT2D eigenvalue weighted by molar-refractivity contribution is 7.26. The summed E-state index contributed by atoms with van der Waals surface area (Å²) >= 11 is 1.90. The average molecular weight is 592 g/mol. The van der Waals surface area contributed by atoms with Gasteiger partial charge in [0.15, 0.2) is 0 Å². The summed E-state index contributed by atoms with van der Waals surface area (Å²) in [7, 11) is 0. The van der Waals surface area contributed by atoms with E-state index in [2.05, 4.69) is 161 Å². The molecule has 3 aromatic heterocycles. The van der Waals surface area contributed by atoms with Gasteiger partial charge >= 0.3 is 0 Å². The van der Waals surface area contributed by atoms with E-state index in [1.165, 1.54) is 52.8 Å². The number of hydrogen-bond donors (Lipinski definition) is 0. The Morgan fingerprint density at radius 2 is 1.13 bits per heavy atom. The third-order valence-electron chi connectivity index (χ3n) is 9.12. The molecule has 210 valence electrons. The normalized spacial score (nSPS) is 12.0. The summed E-state index contributed by atoms with van der Waals surface area (Å²) in [6.07, 6.45) is 0. The van der Waals surface area contributed by atoms with Gasteiger partial charge in [-0.2, -0.15) is 0 Å². The van der Waals surface area contributed by atoms with Crippen LogP contribution in [-0.2, 0) is 0 Å². The van der Waals surface area contributed by atoms with Crippen molar-refractivity contribution in [3.05, 3.63) is 152 Å².